The van der Waals surface area contributed by atoms with E-state index in [2.05, 4.69) is 4.98 Å². The fourth-order valence-corrected chi connectivity index (χ4v) is 6.40. The van der Waals surface area contributed by atoms with Crippen molar-refractivity contribution >= 4 is 46.0 Å². The minimum atomic E-state index is -3.14. The largest absolute Gasteiger partial charge is 0.484 e. The number of ether oxygens (including phenoxy) is 2. The number of likely N-dealkylation sites (tertiary alicyclic amines) is 1. The first-order valence-corrected chi connectivity index (χ1v) is 15.3. The van der Waals surface area contributed by atoms with Crippen molar-refractivity contribution in [1.82, 2.24) is 14.5 Å². The molecule has 12 heteroatoms. The van der Waals surface area contributed by atoms with Gasteiger partial charge in [0.1, 0.15) is 28.1 Å². The van der Waals surface area contributed by atoms with Crippen LogP contribution in [0, 0.1) is 11.8 Å². The van der Waals surface area contributed by atoms with Crippen molar-refractivity contribution in [2.24, 2.45) is 17.6 Å². The van der Waals surface area contributed by atoms with Gasteiger partial charge in [0, 0.05) is 41.2 Å². The number of hydrogen-bond acceptors (Lipinski definition) is 6. The Morgan fingerprint density at radius 3 is 2.53 bits per heavy atom. The lowest BCUT2D eigenvalue weighted by Crippen LogP contribution is -2.43. The molecule has 1 fully saturated rings. The van der Waals surface area contributed by atoms with Crippen molar-refractivity contribution < 1.29 is 27.8 Å². The summed E-state index contributed by atoms with van der Waals surface area (Å²) in [5.41, 5.74) is 7.24. The average molecular weight is 631 g/mol. The molecule has 0 radical (unpaired) electrons. The van der Waals surface area contributed by atoms with Gasteiger partial charge >= 0.3 is 6.09 Å². The lowest BCUT2D eigenvalue weighted by Gasteiger charge is -2.35. The summed E-state index contributed by atoms with van der Waals surface area (Å²) in [5, 5.41) is 1.06. The van der Waals surface area contributed by atoms with Crippen LogP contribution >= 0.6 is 22.9 Å². The zero-order chi connectivity index (χ0) is 30.9. The Hall–Kier alpha value is -3.70. The number of benzene rings is 2. The summed E-state index contributed by atoms with van der Waals surface area (Å²) in [5.74, 6) is -4.29. The van der Waals surface area contributed by atoms with Gasteiger partial charge in [0.2, 0.25) is 0 Å². The second-order valence-electron chi connectivity index (χ2n) is 11.1. The van der Waals surface area contributed by atoms with Gasteiger partial charge in [-0.05, 0) is 43.9 Å². The number of hydrogen-bond donors (Lipinski definition) is 1. The summed E-state index contributed by atoms with van der Waals surface area (Å²) < 4.78 is 44.7. The predicted octanol–water partition coefficient (Wildman–Crippen LogP) is 7.58. The number of carbonyl (C=O) groups is 2. The second-order valence-corrected chi connectivity index (χ2v) is 12.5. The maximum Gasteiger partial charge on any atom is 0.409 e. The van der Waals surface area contributed by atoms with E-state index in [4.69, 9.17) is 26.8 Å². The Labute approximate surface area is 257 Å². The predicted molar refractivity (Wildman–Crippen MR) is 162 cm³/mol. The summed E-state index contributed by atoms with van der Waals surface area (Å²) in [4.78, 5) is 30.7. The van der Waals surface area contributed by atoms with Crippen LogP contribution in [0.4, 0.5) is 13.6 Å². The van der Waals surface area contributed by atoms with Gasteiger partial charge in [0.15, 0.2) is 0 Å². The molecule has 0 unspecified atom stereocenters. The molecule has 43 heavy (non-hydrogen) atoms. The maximum atomic E-state index is 15.8. The number of aromatic nitrogens is 2. The van der Waals surface area contributed by atoms with E-state index in [0.29, 0.717) is 27.7 Å². The summed E-state index contributed by atoms with van der Waals surface area (Å²) >= 11 is 7.41. The molecular weight excluding hydrogens is 598 g/mol. The molecule has 5 rings (SSSR count). The van der Waals surface area contributed by atoms with Gasteiger partial charge in [-0.25, -0.2) is 18.6 Å². The lowest BCUT2D eigenvalue weighted by atomic mass is 9.86. The molecule has 1 aliphatic rings. The molecule has 8 nitrogen and oxygen atoms in total. The fourth-order valence-electron chi connectivity index (χ4n) is 5.18. The molecule has 2 aromatic heterocycles. The minimum Gasteiger partial charge on any atom is -0.484 e. The third kappa shape index (κ3) is 6.47. The molecule has 4 aromatic rings. The number of piperidine rings is 1. The van der Waals surface area contributed by atoms with Crippen molar-refractivity contribution in [2.75, 3.05) is 19.7 Å². The Balaban J connectivity index is 1.38. The van der Waals surface area contributed by atoms with Gasteiger partial charge in [0.25, 0.3) is 11.8 Å². The Bertz CT molecular complexity index is 1630. The number of thiophene rings is 1. The number of carbonyl (C=O) groups excluding carboxylic acids is 2. The first kappa shape index (κ1) is 30.7. The van der Waals surface area contributed by atoms with Crippen molar-refractivity contribution in [2.45, 2.75) is 45.6 Å². The van der Waals surface area contributed by atoms with Crippen LogP contribution in [0.1, 0.15) is 60.5 Å². The minimum absolute atomic E-state index is 0.141. The normalized spacial score (nSPS) is 15.2. The first-order valence-electron chi connectivity index (χ1n) is 14.1. The average Bonchev–Trinajstić information content (AvgIpc) is 3.60. The number of fused-ring (bicyclic) bond motifs is 1. The number of nitrogens with zero attached hydrogens (tertiary/aromatic N) is 3. The zero-order valence-electron chi connectivity index (χ0n) is 24.1. The van der Waals surface area contributed by atoms with E-state index in [-0.39, 0.29) is 48.0 Å². The smallest absolute Gasteiger partial charge is 0.409 e. The molecule has 0 spiro atoms. The molecule has 1 saturated heterocycles. The van der Waals surface area contributed by atoms with Gasteiger partial charge < -0.3 is 20.1 Å². The number of amides is 2. The topological polar surface area (TPSA) is 99.7 Å². The van der Waals surface area contributed by atoms with Crippen molar-refractivity contribution in [3.8, 4) is 10.8 Å². The molecule has 2 amide bonds. The van der Waals surface area contributed by atoms with Crippen LogP contribution in [0.5, 0.6) is 5.75 Å². The molecule has 1 aliphatic heterocycles. The summed E-state index contributed by atoms with van der Waals surface area (Å²) in [6.07, 6.45) is 0.877. The lowest BCUT2D eigenvalue weighted by molar-refractivity contribution is -0.0843. The third-order valence-electron chi connectivity index (χ3n) is 7.53. The molecule has 2 N–H and O–H groups in total. The monoisotopic (exact) mass is 630 g/mol. The highest BCUT2D eigenvalue weighted by Gasteiger charge is 2.43. The van der Waals surface area contributed by atoms with Gasteiger partial charge in [0.05, 0.1) is 17.6 Å². The Morgan fingerprint density at radius 2 is 1.86 bits per heavy atom. The summed E-state index contributed by atoms with van der Waals surface area (Å²) in [6.45, 7) is 6.39. The highest BCUT2D eigenvalue weighted by atomic mass is 35.5. The molecular formula is C31H33ClF2N4O4S. The molecule has 0 bridgehead atoms. The molecule has 2 aromatic carbocycles. The fraction of sp³-hybridized carbons (Fsp3) is 0.387. The van der Waals surface area contributed by atoms with E-state index in [9.17, 15) is 9.59 Å². The van der Waals surface area contributed by atoms with E-state index in [0.717, 1.165) is 16.9 Å². The summed E-state index contributed by atoms with van der Waals surface area (Å²) in [6, 6.07) is 13.3. The number of nitrogens with two attached hydrogens (primary N) is 1. The molecule has 228 valence electrons. The van der Waals surface area contributed by atoms with Crippen LogP contribution in [0.2, 0.25) is 5.02 Å². The number of imidazole rings is 1. The number of rotatable bonds is 9. The SMILES string of the molecule is CC(C)COC(=O)N1CCC(C(F)(F)c2ccc3ncn(-c4cc(O[C@H](C)c5ccccc5Cl)c(C(N)=O)s4)c3c2)CC1. The van der Waals surface area contributed by atoms with E-state index in [1.165, 1.54) is 23.4 Å². The molecule has 0 aliphatic carbocycles. The van der Waals surface area contributed by atoms with Gasteiger partial charge in [-0.2, -0.15) is 0 Å². The molecule has 0 saturated carbocycles. The van der Waals surface area contributed by atoms with Crippen LogP contribution < -0.4 is 10.5 Å². The van der Waals surface area contributed by atoms with E-state index >= 15 is 8.78 Å². The Morgan fingerprint density at radius 1 is 1.14 bits per heavy atom. The zero-order valence-corrected chi connectivity index (χ0v) is 25.6. The second kappa shape index (κ2) is 12.5. The van der Waals surface area contributed by atoms with Crippen molar-refractivity contribution in [3.63, 3.8) is 0 Å². The number of alkyl halides is 2. The quantitative estimate of drug-likeness (QED) is 0.206. The number of halogens is 3. The highest BCUT2D eigenvalue weighted by molar-refractivity contribution is 7.16. The van der Waals surface area contributed by atoms with Gasteiger partial charge in [-0.1, -0.05) is 49.7 Å². The van der Waals surface area contributed by atoms with Crippen LogP contribution in [-0.4, -0.2) is 46.1 Å². The third-order valence-corrected chi connectivity index (χ3v) is 9.01. The number of primary amides is 1. The Kier molecular flexibility index (Phi) is 8.94. The van der Waals surface area contributed by atoms with Crippen molar-refractivity contribution in [1.29, 1.82) is 0 Å². The van der Waals surface area contributed by atoms with E-state index in [1.54, 1.807) is 22.8 Å². The van der Waals surface area contributed by atoms with Crippen LogP contribution in [0.3, 0.4) is 0 Å². The maximum absolute atomic E-state index is 15.8. The van der Waals surface area contributed by atoms with Gasteiger partial charge in [-0.15, -0.1) is 11.3 Å². The highest BCUT2D eigenvalue weighted by Crippen LogP contribution is 2.43. The molecule has 1 atom stereocenters. The molecule has 3 heterocycles. The summed E-state index contributed by atoms with van der Waals surface area (Å²) in [7, 11) is 0. The van der Waals surface area contributed by atoms with E-state index < -0.39 is 29.9 Å². The first-order chi connectivity index (χ1) is 20.5. The van der Waals surface area contributed by atoms with Crippen LogP contribution in [0.15, 0.2) is 54.9 Å². The standard InChI is InChI=1S/C31H33ClF2N4O4S/c1-18(2)16-41-30(40)37-12-10-20(11-13-37)31(33,34)21-8-9-24-25(14-21)38(17-36-24)27-15-26(28(43-27)29(35)39)42-19(3)22-6-4-5-7-23(22)32/h4-9,14-15,17-20H,10-13,16H2,1-3H3,(H2,35,39)/t19-/m1/s1. The van der Waals surface area contributed by atoms with Gasteiger partial charge in [-0.3, -0.25) is 9.36 Å². The van der Waals surface area contributed by atoms with Crippen LogP contribution in [-0.2, 0) is 10.7 Å². The van der Waals surface area contributed by atoms with Crippen LogP contribution in [0.25, 0.3) is 16.0 Å². The van der Waals surface area contributed by atoms with Crippen molar-refractivity contribution in [3.05, 3.63) is 75.9 Å². The van der Waals surface area contributed by atoms with E-state index in [1.807, 2.05) is 39.0 Å².